The first-order valence-corrected chi connectivity index (χ1v) is 10.6. The summed E-state index contributed by atoms with van der Waals surface area (Å²) in [5, 5.41) is 4.52. The minimum absolute atomic E-state index is 0.208. The van der Waals surface area contributed by atoms with Crippen LogP contribution in [0.25, 0.3) is 10.6 Å². The molecule has 0 aliphatic carbocycles. The molecule has 0 saturated carbocycles. The average Bonchev–Trinajstić information content (AvgIpc) is 3.10. The zero-order valence-corrected chi connectivity index (χ0v) is 15.9. The molecule has 0 atom stereocenters. The maximum absolute atomic E-state index is 12.2. The van der Waals surface area contributed by atoms with Gasteiger partial charge in [0, 0.05) is 11.8 Å². The molecule has 2 N–H and O–H groups in total. The first-order valence-electron chi connectivity index (χ1n) is 7.78. The maximum Gasteiger partial charge on any atom is 0.254 e. The van der Waals surface area contributed by atoms with Crippen LogP contribution in [0.4, 0.5) is 11.4 Å². The molecule has 8 nitrogen and oxygen atoms in total. The topological polar surface area (TPSA) is 110 Å². The van der Waals surface area contributed by atoms with E-state index in [0.29, 0.717) is 17.1 Å². The van der Waals surface area contributed by atoms with E-state index in [1.807, 2.05) is 17.5 Å². The SMILES string of the molecule is CS(=O)(=O)Nc1cccc(NC(=O)Cn2cnc(-c3cccs3)cc2=O)c1. The third kappa shape index (κ3) is 5.25. The highest BCUT2D eigenvalue weighted by molar-refractivity contribution is 7.92. The van der Waals surface area contributed by atoms with Crippen LogP contribution in [0.5, 0.6) is 0 Å². The lowest BCUT2D eigenvalue weighted by molar-refractivity contribution is -0.116. The number of rotatable bonds is 6. The number of nitrogens with zero attached hydrogens (tertiary/aromatic N) is 2. The summed E-state index contributed by atoms with van der Waals surface area (Å²) in [5.41, 5.74) is 0.960. The van der Waals surface area contributed by atoms with E-state index in [1.165, 1.54) is 34.4 Å². The van der Waals surface area contributed by atoms with Gasteiger partial charge in [0.2, 0.25) is 15.9 Å². The van der Waals surface area contributed by atoms with Gasteiger partial charge in [0.15, 0.2) is 0 Å². The Kier molecular flexibility index (Phi) is 5.38. The number of carbonyl (C=O) groups is 1. The van der Waals surface area contributed by atoms with Crippen molar-refractivity contribution in [3.8, 4) is 10.6 Å². The average molecular weight is 404 g/mol. The molecule has 0 spiro atoms. The van der Waals surface area contributed by atoms with Gasteiger partial charge in [0.1, 0.15) is 6.54 Å². The molecule has 0 aliphatic heterocycles. The fourth-order valence-corrected chi connectivity index (χ4v) is 3.58. The Balaban J connectivity index is 1.69. The van der Waals surface area contributed by atoms with E-state index in [-0.39, 0.29) is 12.1 Å². The number of anilines is 2. The Morgan fingerprint density at radius 2 is 1.96 bits per heavy atom. The highest BCUT2D eigenvalue weighted by Gasteiger charge is 2.09. The number of benzene rings is 1. The van der Waals surface area contributed by atoms with Gasteiger partial charge in [0.25, 0.3) is 5.56 Å². The van der Waals surface area contributed by atoms with Crippen LogP contribution in [0.3, 0.4) is 0 Å². The minimum atomic E-state index is -3.41. The number of amides is 1. The molecule has 2 aromatic heterocycles. The first-order chi connectivity index (χ1) is 12.8. The summed E-state index contributed by atoms with van der Waals surface area (Å²) >= 11 is 1.47. The molecule has 0 aliphatic rings. The van der Waals surface area contributed by atoms with E-state index in [2.05, 4.69) is 15.0 Å². The summed E-state index contributed by atoms with van der Waals surface area (Å²) in [6, 6.07) is 11.4. The summed E-state index contributed by atoms with van der Waals surface area (Å²) < 4.78 is 26.1. The molecule has 0 fully saturated rings. The third-order valence-corrected chi connectivity index (χ3v) is 4.92. The normalized spacial score (nSPS) is 11.1. The number of sulfonamides is 1. The van der Waals surface area contributed by atoms with Crippen LogP contribution >= 0.6 is 11.3 Å². The molecule has 140 valence electrons. The zero-order valence-electron chi connectivity index (χ0n) is 14.2. The molecule has 1 amide bonds. The van der Waals surface area contributed by atoms with Crippen LogP contribution in [-0.4, -0.2) is 30.1 Å². The lowest BCUT2D eigenvalue weighted by Gasteiger charge is -2.09. The van der Waals surface area contributed by atoms with Crippen molar-refractivity contribution in [1.29, 1.82) is 0 Å². The molecule has 27 heavy (non-hydrogen) atoms. The van der Waals surface area contributed by atoms with Crippen LogP contribution in [0.15, 0.2) is 59.0 Å². The van der Waals surface area contributed by atoms with Crippen molar-refractivity contribution < 1.29 is 13.2 Å². The third-order valence-electron chi connectivity index (χ3n) is 3.42. The second-order valence-electron chi connectivity index (χ2n) is 5.72. The van der Waals surface area contributed by atoms with Gasteiger partial charge in [-0.1, -0.05) is 12.1 Å². The molecule has 0 bridgehead atoms. The summed E-state index contributed by atoms with van der Waals surface area (Å²) in [5.74, 6) is -0.431. The fourth-order valence-electron chi connectivity index (χ4n) is 2.33. The van der Waals surface area contributed by atoms with Crippen molar-refractivity contribution in [2.75, 3.05) is 16.3 Å². The van der Waals surface area contributed by atoms with E-state index in [0.717, 1.165) is 11.1 Å². The number of aromatic nitrogens is 2. The van der Waals surface area contributed by atoms with Gasteiger partial charge in [-0.2, -0.15) is 0 Å². The van der Waals surface area contributed by atoms with Crippen molar-refractivity contribution in [2.24, 2.45) is 0 Å². The molecule has 0 saturated heterocycles. The number of nitrogens with one attached hydrogen (secondary N) is 2. The number of carbonyl (C=O) groups excluding carboxylic acids is 1. The van der Waals surface area contributed by atoms with E-state index in [1.54, 1.807) is 18.2 Å². The lowest BCUT2D eigenvalue weighted by atomic mass is 10.3. The number of thiophene rings is 1. The molecule has 3 rings (SSSR count). The monoisotopic (exact) mass is 404 g/mol. The zero-order chi connectivity index (χ0) is 19.4. The summed E-state index contributed by atoms with van der Waals surface area (Å²) in [7, 11) is -3.41. The van der Waals surface area contributed by atoms with Crippen molar-refractivity contribution in [3.63, 3.8) is 0 Å². The van der Waals surface area contributed by atoms with E-state index in [9.17, 15) is 18.0 Å². The largest absolute Gasteiger partial charge is 0.324 e. The molecule has 2 heterocycles. The quantitative estimate of drug-likeness (QED) is 0.653. The van der Waals surface area contributed by atoms with Crippen LogP contribution in [0.2, 0.25) is 0 Å². The van der Waals surface area contributed by atoms with Gasteiger partial charge < -0.3 is 5.32 Å². The van der Waals surface area contributed by atoms with Crippen molar-refractivity contribution in [3.05, 3.63) is 64.5 Å². The predicted octanol–water partition coefficient (Wildman–Crippen LogP) is 1.98. The fraction of sp³-hybridized carbons (Fsp3) is 0.118. The van der Waals surface area contributed by atoms with Crippen LogP contribution in [0, 0.1) is 0 Å². The second kappa shape index (κ2) is 7.72. The summed E-state index contributed by atoms with van der Waals surface area (Å²) in [6.45, 7) is -0.208. The molecule has 10 heteroatoms. The lowest BCUT2D eigenvalue weighted by Crippen LogP contribution is -2.27. The van der Waals surface area contributed by atoms with Gasteiger partial charge in [-0.3, -0.25) is 18.9 Å². The van der Waals surface area contributed by atoms with E-state index in [4.69, 9.17) is 0 Å². The van der Waals surface area contributed by atoms with Gasteiger partial charge in [-0.25, -0.2) is 13.4 Å². The number of hydrogen-bond donors (Lipinski definition) is 2. The van der Waals surface area contributed by atoms with E-state index >= 15 is 0 Å². The molecule has 0 unspecified atom stereocenters. The predicted molar refractivity (Wildman–Crippen MR) is 105 cm³/mol. The molecular weight excluding hydrogens is 388 g/mol. The van der Waals surface area contributed by atoms with E-state index < -0.39 is 15.9 Å². The Bertz CT molecular complexity index is 1120. The van der Waals surface area contributed by atoms with Gasteiger partial charge in [-0.15, -0.1) is 11.3 Å². The Morgan fingerprint density at radius 1 is 1.19 bits per heavy atom. The van der Waals surface area contributed by atoms with Crippen molar-refractivity contribution in [2.45, 2.75) is 6.54 Å². The highest BCUT2D eigenvalue weighted by Crippen LogP contribution is 2.20. The molecule has 1 aromatic carbocycles. The maximum atomic E-state index is 12.2. The standard InChI is InChI=1S/C17H16N4O4S2/c1-27(24,25)20-13-5-2-4-12(8-13)19-16(22)10-21-11-18-14(9-17(21)23)15-6-3-7-26-15/h2-9,11,20H,10H2,1H3,(H,19,22). The molecule has 0 radical (unpaired) electrons. The Labute approximate surface area is 159 Å². The second-order valence-corrected chi connectivity index (χ2v) is 8.42. The minimum Gasteiger partial charge on any atom is -0.324 e. The Morgan fingerprint density at radius 3 is 2.63 bits per heavy atom. The smallest absolute Gasteiger partial charge is 0.254 e. The first kappa shape index (κ1) is 18.8. The Hall–Kier alpha value is -2.98. The van der Waals surface area contributed by atoms with Crippen LogP contribution in [0.1, 0.15) is 0 Å². The van der Waals surface area contributed by atoms with Gasteiger partial charge in [-0.05, 0) is 29.6 Å². The number of hydrogen-bond acceptors (Lipinski definition) is 6. The van der Waals surface area contributed by atoms with Gasteiger partial charge in [0.05, 0.1) is 28.8 Å². The van der Waals surface area contributed by atoms with Crippen molar-refractivity contribution in [1.82, 2.24) is 9.55 Å². The van der Waals surface area contributed by atoms with Crippen LogP contribution < -0.4 is 15.6 Å². The highest BCUT2D eigenvalue weighted by atomic mass is 32.2. The molecular formula is C17H16N4O4S2. The van der Waals surface area contributed by atoms with Crippen molar-refractivity contribution >= 4 is 38.6 Å². The summed E-state index contributed by atoms with van der Waals surface area (Å²) in [6.07, 6.45) is 2.37. The summed E-state index contributed by atoms with van der Waals surface area (Å²) in [4.78, 5) is 29.5. The van der Waals surface area contributed by atoms with Gasteiger partial charge >= 0.3 is 0 Å². The molecule has 3 aromatic rings. The van der Waals surface area contributed by atoms with Crippen LogP contribution in [-0.2, 0) is 21.4 Å².